The first-order chi connectivity index (χ1) is 8.20. The standard InChI is InChI=1S/C11H12F4N2O/c1-6-4-7(2-3-8(6)12)9(10(16)18)17-5-11(13,14)15/h2-4,9,17H,5H2,1H3,(H2,16,18). The smallest absolute Gasteiger partial charge is 0.368 e. The van der Waals surface area contributed by atoms with Crippen molar-refractivity contribution >= 4 is 5.91 Å². The van der Waals surface area contributed by atoms with Gasteiger partial charge in [-0.15, -0.1) is 0 Å². The molecule has 1 unspecified atom stereocenters. The molecule has 1 rings (SSSR count). The van der Waals surface area contributed by atoms with Crippen molar-refractivity contribution in [2.45, 2.75) is 19.1 Å². The molecule has 0 aliphatic carbocycles. The van der Waals surface area contributed by atoms with Gasteiger partial charge in [0.1, 0.15) is 11.9 Å². The number of hydrogen-bond donors (Lipinski definition) is 2. The number of nitrogens with one attached hydrogen (secondary N) is 1. The molecule has 1 amide bonds. The van der Waals surface area contributed by atoms with E-state index in [1.165, 1.54) is 19.1 Å². The summed E-state index contributed by atoms with van der Waals surface area (Å²) < 4.78 is 49.2. The number of benzene rings is 1. The van der Waals surface area contributed by atoms with Crippen molar-refractivity contribution in [1.82, 2.24) is 5.32 Å². The molecule has 100 valence electrons. The summed E-state index contributed by atoms with van der Waals surface area (Å²) in [5.74, 6) is -1.46. The summed E-state index contributed by atoms with van der Waals surface area (Å²) in [5, 5.41) is 2.00. The Hall–Kier alpha value is -1.63. The zero-order chi connectivity index (χ0) is 13.9. The third kappa shape index (κ3) is 3.99. The highest BCUT2D eigenvalue weighted by molar-refractivity contribution is 5.81. The zero-order valence-electron chi connectivity index (χ0n) is 9.51. The normalized spacial score (nSPS) is 13.4. The molecule has 1 atom stereocenters. The Balaban J connectivity index is 2.91. The molecule has 3 nitrogen and oxygen atoms in total. The lowest BCUT2D eigenvalue weighted by molar-refractivity contribution is -0.130. The molecule has 0 spiro atoms. The maximum Gasteiger partial charge on any atom is 0.401 e. The molecule has 0 radical (unpaired) electrons. The van der Waals surface area contributed by atoms with Crippen LogP contribution in [-0.4, -0.2) is 18.6 Å². The zero-order valence-corrected chi connectivity index (χ0v) is 9.51. The van der Waals surface area contributed by atoms with Crippen LogP contribution in [0.25, 0.3) is 0 Å². The average molecular weight is 264 g/mol. The van der Waals surface area contributed by atoms with E-state index in [0.29, 0.717) is 0 Å². The van der Waals surface area contributed by atoms with Crippen LogP contribution in [0.4, 0.5) is 17.6 Å². The molecule has 1 aromatic carbocycles. The molecule has 0 fully saturated rings. The molecule has 0 aliphatic heterocycles. The van der Waals surface area contributed by atoms with Gasteiger partial charge in [0.25, 0.3) is 0 Å². The lowest BCUT2D eigenvalue weighted by atomic mass is 10.0. The van der Waals surface area contributed by atoms with Crippen molar-refractivity contribution in [3.63, 3.8) is 0 Å². The second-order valence-electron chi connectivity index (χ2n) is 3.84. The number of nitrogens with two attached hydrogens (primary N) is 1. The number of primary amides is 1. The molecule has 0 bridgehead atoms. The van der Waals surface area contributed by atoms with Gasteiger partial charge >= 0.3 is 6.18 Å². The maximum absolute atomic E-state index is 13.0. The van der Waals surface area contributed by atoms with E-state index in [1.54, 1.807) is 0 Å². The molecule has 0 saturated carbocycles. The molecular formula is C11H12F4N2O. The van der Waals surface area contributed by atoms with E-state index in [1.807, 2.05) is 5.32 Å². The number of amides is 1. The Morgan fingerprint density at radius 3 is 2.50 bits per heavy atom. The number of carbonyl (C=O) groups excluding carboxylic acids is 1. The molecule has 0 aromatic heterocycles. The third-order valence-electron chi connectivity index (χ3n) is 2.31. The van der Waals surface area contributed by atoms with Gasteiger partial charge in [0, 0.05) is 0 Å². The van der Waals surface area contributed by atoms with Gasteiger partial charge in [0.2, 0.25) is 5.91 Å². The first kappa shape index (κ1) is 14.4. The fraction of sp³-hybridized carbons (Fsp3) is 0.364. The van der Waals surface area contributed by atoms with Crippen molar-refractivity contribution in [3.8, 4) is 0 Å². The predicted octanol–water partition coefficient (Wildman–Crippen LogP) is 1.81. The van der Waals surface area contributed by atoms with Crippen LogP contribution in [0.5, 0.6) is 0 Å². The van der Waals surface area contributed by atoms with Crippen molar-refractivity contribution in [2.75, 3.05) is 6.54 Å². The molecule has 0 heterocycles. The molecule has 3 N–H and O–H groups in total. The number of hydrogen-bond acceptors (Lipinski definition) is 2. The molecule has 0 saturated heterocycles. The van der Waals surface area contributed by atoms with E-state index in [2.05, 4.69) is 0 Å². The van der Waals surface area contributed by atoms with Crippen LogP contribution in [0.3, 0.4) is 0 Å². The summed E-state index contributed by atoms with van der Waals surface area (Å²) in [6.07, 6.45) is -4.46. The van der Waals surface area contributed by atoms with Gasteiger partial charge in [-0.2, -0.15) is 13.2 Å². The van der Waals surface area contributed by atoms with Crippen LogP contribution >= 0.6 is 0 Å². The van der Waals surface area contributed by atoms with E-state index in [9.17, 15) is 22.4 Å². The van der Waals surface area contributed by atoms with Crippen molar-refractivity contribution in [3.05, 3.63) is 35.1 Å². The number of aryl methyl sites for hydroxylation is 1. The van der Waals surface area contributed by atoms with Crippen molar-refractivity contribution in [2.24, 2.45) is 5.73 Å². The SMILES string of the molecule is Cc1cc(C(NCC(F)(F)F)C(N)=O)ccc1F. The van der Waals surface area contributed by atoms with E-state index in [-0.39, 0.29) is 11.1 Å². The highest BCUT2D eigenvalue weighted by Crippen LogP contribution is 2.19. The van der Waals surface area contributed by atoms with Crippen molar-refractivity contribution in [1.29, 1.82) is 0 Å². The largest absolute Gasteiger partial charge is 0.401 e. The average Bonchev–Trinajstić information content (AvgIpc) is 2.21. The van der Waals surface area contributed by atoms with Gasteiger partial charge < -0.3 is 5.73 Å². The molecule has 7 heteroatoms. The molecule has 1 aromatic rings. The van der Waals surface area contributed by atoms with Gasteiger partial charge in [-0.1, -0.05) is 12.1 Å². The van der Waals surface area contributed by atoms with Gasteiger partial charge in [0.15, 0.2) is 0 Å². The first-order valence-corrected chi connectivity index (χ1v) is 5.06. The highest BCUT2D eigenvalue weighted by Gasteiger charge is 2.30. The lowest BCUT2D eigenvalue weighted by Gasteiger charge is -2.17. The Kier molecular flexibility index (Phi) is 4.28. The Bertz CT molecular complexity index is 445. The van der Waals surface area contributed by atoms with Gasteiger partial charge in [-0.3, -0.25) is 10.1 Å². The van der Waals surface area contributed by atoms with Crippen molar-refractivity contribution < 1.29 is 22.4 Å². The molecular weight excluding hydrogens is 252 g/mol. The third-order valence-corrected chi connectivity index (χ3v) is 2.31. The Morgan fingerprint density at radius 1 is 1.44 bits per heavy atom. The quantitative estimate of drug-likeness (QED) is 0.815. The summed E-state index contributed by atoms with van der Waals surface area (Å²) in [5.41, 5.74) is 5.45. The maximum atomic E-state index is 13.0. The predicted molar refractivity (Wildman–Crippen MR) is 57.1 cm³/mol. The summed E-state index contributed by atoms with van der Waals surface area (Å²) in [4.78, 5) is 11.1. The van der Waals surface area contributed by atoms with Crippen LogP contribution in [0.1, 0.15) is 17.2 Å². The number of halogens is 4. The molecule has 18 heavy (non-hydrogen) atoms. The minimum atomic E-state index is -4.46. The van der Waals surface area contributed by atoms with Crippen LogP contribution in [0.15, 0.2) is 18.2 Å². The Morgan fingerprint density at radius 2 is 2.06 bits per heavy atom. The van der Waals surface area contributed by atoms with Gasteiger partial charge in [0.05, 0.1) is 6.54 Å². The van der Waals surface area contributed by atoms with E-state index >= 15 is 0 Å². The van der Waals surface area contributed by atoms with Crippen LogP contribution < -0.4 is 11.1 Å². The number of alkyl halides is 3. The fourth-order valence-electron chi connectivity index (χ4n) is 1.45. The second kappa shape index (κ2) is 5.34. The minimum Gasteiger partial charge on any atom is -0.368 e. The summed E-state index contributed by atoms with van der Waals surface area (Å²) in [7, 11) is 0. The number of carbonyl (C=O) groups is 1. The van der Waals surface area contributed by atoms with Gasteiger partial charge in [-0.25, -0.2) is 4.39 Å². The monoisotopic (exact) mass is 264 g/mol. The number of rotatable bonds is 4. The van der Waals surface area contributed by atoms with E-state index in [4.69, 9.17) is 5.73 Å². The van der Waals surface area contributed by atoms with Gasteiger partial charge in [-0.05, 0) is 24.1 Å². The summed E-state index contributed by atoms with van der Waals surface area (Å²) in [6, 6.07) is 2.29. The van der Waals surface area contributed by atoms with Crippen LogP contribution in [-0.2, 0) is 4.79 Å². The minimum absolute atomic E-state index is 0.200. The lowest BCUT2D eigenvalue weighted by Crippen LogP contribution is -2.39. The summed E-state index contributed by atoms with van der Waals surface area (Å²) in [6.45, 7) is 0.0949. The van der Waals surface area contributed by atoms with E-state index < -0.39 is 30.5 Å². The Labute approximate surface area is 101 Å². The summed E-state index contributed by atoms with van der Waals surface area (Å²) >= 11 is 0. The van der Waals surface area contributed by atoms with Crippen LogP contribution in [0.2, 0.25) is 0 Å². The van der Waals surface area contributed by atoms with Crippen LogP contribution in [0, 0.1) is 12.7 Å². The topological polar surface area (TPSA) is 55.1 Å². The fourth-order valence-corrected chi connectivity index (χ4v) is 1.45. The first-order valence-electron chi connectivity index (χ1n) is 5.06. The highest BCUT2D eigenvalue weighted by atomic mass is 19.4. The van der Waals surface area contributed by atoms with E-state index in [0.717, 1.165) is 6.07 Å². The second-order valence-corrected chi connectivity index (χ2v) is 3.84. The molecule has 0 aliphatic rings.